The number of imide groups is 1. The predicted molar refractivity (Wildman–Crippen MR) is 81.7 cm³/mol. The van der Waals surface area contributed by atoms with Crippen LogP contribution in [0.15, 0.2) is 24.3 Å². The molecule has 1 atom stereocenters. The highest BCUT2D eigenvalue weighted by Gasteiger charge is 2.38. The first-order valence-corrected chi connectivity index (χ1v) is 7.50. The van der Waals surface area contributed by atoms with Crippen LogP contribution in [-0.4, -0.2) is 35.3 Å². The lowest BCUT2D eigenvalue weighted by Gasteiger charge is -2.14. The van der Waals surface area contributed by atoms with Crippen LogP contribution >= 0.6 is 0 Å². The molecule has 0 bridgehead atoms. The molecule has 0 aliphatic carbocycles. The molecule has 6 nitrogen and oxygen atoms in total. The average Bonchev–Trinajstić information content (AvgIpc) is 2.73. The van der Waals surface area contributed by atoms with E-state index in [4.69, 9.17) is 0 Å². The maximum absolute atomic E-state index is 13.5. The lowest BCUT2D eigenvalue weighted by atomic mass is 10.0. The van der Waals surface area contributed by atoms with Crippen molar-refractivity contribution in [3.8, 4) is 0 Å². The van der Waals surface area contributed by atoms with Gasteiger partial charge in [0.1, 0.15) is 18.4 Å². The van der Waals surface area contributed by atoms with Gasteiger partial charge in [-0.3, -0.25) is 14.5 Å². The summed E-state index contributed by atoms with van der Waals surface area (Å²) in [5.41, 5.74) is 0.343. The lowest BCUT2D eigenvalue weighted by molar-refractivity contribution is -0.132. The highest BCUT2D eigenvalue weighted by molar-refractivity contribution is 6.06. The van der Waals surface area contributed by atoms with E-state index in [9.17, 15) is 18.8 Å². The average molecular weight is 321 g/mol. The summed E-state index contributed by atoms with van der Waals surface area (Å²) < 4.78 is 13.5. The maximum atomic E-state index is 13.5. The van der Waals surface area contributed by atoms with Crippen LogP contribution in [0, 0.1) is 11.7 Å². The monoisotopic (exact) mass is 321 g/mol. The van der Waals surface area contributed by atoms with E-state index in [1.807, 2.05) is 13.8 Å². The van der Waals surface area contributed by atoms with Gasteiger partial charge in [-0.1, -0.05) is 32.0 Å². The SMILES string of the molecule is CC(C)CC1NC(=O)N(CC(=O)NCc2ccccc2F)C1=O. The summed E-state index contributed by atoms with van der Waals surface area (Å²) >= 11 is 0. The van der Waals surface area contributed by atoms with E-state index >= 15 is 0 Å². The summed E-state index contributed by atoms with van der Waals surface area (Å²) in [6.07, 6.45) is 0.526. The molecule has 1 aliphatic rings. The standard InChI is InChI=1S/C16H20FN3O3/c1-10(2)7-13-15(22)20(16(23)19-13)9-14(21)18-8-11-5-3-4-6-12(11)17/h3-6,10,13H,7-9H2,1-2H3,(H,18,21)(H,19,23). The van der Waals surface area contributed by atoms with Crippen molar-refractivity contribution >= 4 is 17.8 Å². The van der Waals surface area contributed by atoms with Crippen LogP contribution in [0.25, 0.3) is 0 Å². The summed E-state index contributed by atoms with van der Waals surface area (Å²) in [6.45, 7) is 3.53. The number of rotatable bonds is 6. The Bertz CT molecular complexity index is 618. The zero-order chi connectivity index (χ0) is 17.0. The Morgan fingerprint density at radius 3 is 2.70 bits per heavy atom. The Morgan fingerprint density at radius 1 is 1.35 bits per heavy atom. The van der Waals surface area contributed by atoms with E-state index in [0.717, 1.165) is 4.90 Å². The van der Waals surface area contributed by atoms with Crippen LogP contribution in [0.1, 0.15) is 25.8 Å². The van der Waals surface area contributed by atoms with Gasteiger partial charge in [0.05, 0.1) is 0 Å². The summed E-state index contributed by atoms with van der Waals surface area (Å²) in [6, 6.07) is 4.93. The fraction of sp³-hybridized carbons (Fsp3) is 0.438. The molecule has 7 heteroatoms. The molecule has 1 unspecified atom stereocenters. The van der Waals surface area contributed by atoms with Crippen LogP contribution < -0.4 is 10.6 Å². The maximum Gasteiger partial charge on any atom is 0.325 e. The fourth-order valence-electron chi connectivity index (χ4n) is 2.39. The van der Waals surface area contributed by atoms with Crippen molar-refractivity contribution in [1.29, 1.82) is 0 Å². The summed E-state index contributed by atoms with van der Waals surface area (Å²) in [7, 11) is 0. The molecule has 1 saturated heterocycles. The van der Waals surface area contributed by atoms with Crippen molar-refractivity contribution in [2.45, 2.75) is 32.9 Å². The molecule has 4 amide bonds. The minimum atomic E-state index is -0.582. The number of carbonyl (C=O) groups is 3. The largest absolute Gasteiger partial charge is 0.350 e. The Kier molecular flexibility index (Phi) is 5.31. The van der Waals surface area contributed by atoms with Crippen molar-refractivity contribution in [3.63, 3.8) is 0 Å². The van der Waals surface area contributed by atoms with Gasteiger partial charge in [-0.2, -0.15) is 0 Å². The van der Waals surface area contributed by atoms with E-state index in [2.05, 4.69) is 10.6 Å². The van der Waals surface area contributed by atoms with E-state index in [1.54, 1.807) is 18.2 Å². The third kappa shape index (κ3) is 4.28. The minimum Gasteiger partial charge on any atom is -0.350 e. The van der Waals surface area contributed by atoms with Crippen LogP contribution in [-0.2, 0) is 16.1 Å². The van der Waals surface area contributed by atoms with Crippen LogP contribution in [0.2, 0.25) is 0 Å². The molecule has 124 valence electrons. The Labute approximate surface area is 134 Å². The second kappa shape index (κ2) is 7.21. The normalized spacial score (nSPS) is 17.6. The van der Waals surface area contributed by atoms with Gasteiger partial charge in [-0.25, -0.2) is 9.18 Å². The molecule has 1 aromatic carbocycles. The van der Waals surface area contributed by atoms with Crippen molar-refractivity contribution in [2.24, 2.45) is 5.92 Å². The quantitative estimate of drug-likeness (QED) is 0.778. The molecular formula is C16H20FN3O3. The van der Waals surface area contributed by atoms with Crippen LogP contribution in [0.3, 0.4) is 0 Å². The molecule has 2 N–H and O–H groups in total. The van der Waals surface area contributed by atoms with Gasteiger partial charge < -0.3 is 10.6 Å². The summed E-state index contributed by atoms with van der Waals surface area (Å²) in [5, 5.41) is 5.08. The van der Waals surface area contributed by atoms with Crippen molar-refractivity contribution in [1.82, 2.24) is 15.5 Å². The number of nitrogens with zero attached hydrogens (tertiary/aromatic N) is 1. The van der Waals surface area contributed by atoms with E-state index in [1.165, 1.54) is 6.07 Å². The molecule has 0 aromatic heterocycles. The molecule has 0 radical (unpaired) electrons. The number of carbonyl (C=O) groups excluding carboxylic acids is 3. The molecule has 1 aliphatic heterocycles. The smallest absolute Gasteiger partial charge is 0.325 e. The number of hydrogen-bond acceptors (Lipinski definition) is 3. The molecule has 1 heterocycles. The molecule has 0 saturated carbocycles. The van der Waals surface area contributed by atoms with Crippen molar-refractivity contribution < 1.29 is 18.8 Å². The van der Waals surface area contributed by atoms with Crippen molar-refractivity contribution in [3.05, 3.63) is 35.6 Å². The molecule has 2 rings (SSSR count). The van der Waals surface area contributed by atoms with Gasteiger partial charge in [-0.15, -0.1) is 0 Å². The Balaban J connectivity index is 1.89. The van der Waals surface area contributed by atoms with Crippen LogP contribution in [0.4, 0.5) is 9.18 Å². The van der Waals surface area contributed by atoms with Gasteiger partial charge in [0, 0.05) is 12.1 Å². The Morgan fingerprint density at radius 2 is 2.04 bits per heavy atom. The second-order valence-corrected chi connectivity index (χ2v) is 5.92. The summed E-state index contributed by atoms with van der Waals surface area (Å²) in [5.74, 6) is -1.08. The predicted octanol–water partition coefficient (Wildman–Crippen LogP) is 1.41. The van der Waals surface area contributed by atoms with E-state index in [0.29, 0.717) is 12.0 Å². The van der Waals surface area contributed by atoms with Gasteiger partial charge in [0.2, 0.25) is 5.91 Å². The van der Waals surface area contributed by atoms with Gasteiger partial charge >= 0.3 is 6.03 Å². The highest BCUT2D eigenvalue weighted by Crippen LogP contribution is 2.14. The number of halogens is 1. The van der Waals surface area contributed by atoms with E-state index in [-0.39, 0.29) is 19.0 Å². The number of hydrogen-bond donors (Lipinski definition) is 2. The first kappa shape index (κ1) is 16.9. The number of nitrogens with one attached hydrogen (secondary N) is 2. The number of urea groups is 1. The highest BCUT2D eigenvalue weighted by atomic mass is 19.1. The third-order valence-corrected chi connectivity index (χ3v) is 3.55. The Hall–Kier alpha value is -2.44. The molecule has 1 aromatic rings. The van der Waals surface area contributed by atoms with Crippen LogP contribution in [0.5, 0.6) is 0 Å². The zero-order valence-electron chi connectivity index (χ0n) is 13.1. The lowest BCUT2D eigenvalue weighted by Crippen LogP contribution is -2.41. The first-order chi connectivity index (χ1) is 10.9. The fourth-order valence-corrected chi connectivity index (χ4v) is 2.39. The number of benzene rings is 1. The molecule has 0 spiro atoms. The van der Waals surface area contributed by atoms with Gasteiger partial charge in [-0.05, 0) is 18.4 Å². The molecular weight excluding hydrogens is 301 g/mol. The first-order valence-electron chi connectivity index (χ1n) is 7.50. The third-order valence-electron chi connectivity index (χ3n) is 3.55. The summed E-state index contributed by atoms with van der Waals surface area (Å²) in [4.78, 5) is 36.7. The van der Waals surface area contributed by atoms with E-state index < -0.39 is 29.7 Å². The second-order valence-electron chi connectivity index (χ2n) is 5.92. The van der Waals surface area contributed by atoms with Crippen molar-refractivity contribution in [2.75, 3.05) is 6.54 Å². The number of amides is 4. The molecule has 23 heavy (non-hydrogen) atoms. The molecule has 1 fully saturated rings. The topological polar surface area (TPSA) is 78.5 Å². The minimum absolute atomic E-state index is 0.00454. The zero-order valence-corrected chi connectivity index (χ0v) is 13.1. The van der Waals surface area contributed by atoms with Gasteiger partial charge in [0.25, 0.3) is 5.91 Å². The van der Waals surface area contributed by atoms with Gasteiger partial charge in [0.15, 0.2) is 0 Å².